The molecule has 0 bridgehead atoms. The van der Waals surface area contributed by atoms with E-state index in [1.54, 1.807) is 12.1 Å². The van der Waals surface area contributed by atoms with E-state index < -0.39 is 17.7 Å². The maximum absolute atomic E-state index is 13.0. The maximum atomic E-state index is 13.0. The van der Waals surface area contributed by atoms with Crippen molar-refractivity contribution in [3.8, 4) is 5.75 Å². The van der Waals surface area contributed by atoms with Crippen LogP contribution in [0.4, 0.5) is 0 Å². The molecule has 0 aromatic heterocycles. The average molecular weight is 502 g/mol. The Morgan fingerprint density at radius 3 is 2.44 bits per heavy atom. The number of aliphatic hydroxyl groups is 1. The van der Waals surface area contributed by atoms with Crippen molar-refractivity contribution >= 4 is 33.4 Å². The van der Waals surface area contributed by atoms with Crippen LogP contribution >= 0.6 is 15.9 Å². The summed E-state index contributed by atoms with van der Waals surface area (Å²) >= 11 is 3.41. The summed E-state index contributed by atoms with van der Waals surface area (Å²) in [5, 5.41) is 11.2. The van der Waals surface area contributed by atoms with Gasteiger partial charge >= 0.3 is 0 Å². The molecule has 6 nitrogen and oxygen atoms in total. The van der Waals surface area contributed by atoms with Crippen LogP contribution in [0.3, 0.4) is 0 Å². The summed E-state index contributed by atoms with van der Waals surface area (Å²) in [6.45, 7) is 7.07. The molecule has 0 radical (unpaired) electrons. The summed E-state index contributed by atoms with van der Waals surface area (Å²) < 4.78 is 11.8. The van der Waals surface area contributed by atoms with Crippen molar-refractivity contribution in [3.05, 3.63) is 69.2 Å². The molecular weight excluding hydrogens is 474 g/mol. The molecule has 0 spiro atoms. The SMILES string of the molecule is COCCN1C(=O)C(=O)/C(=C(/O)c2ccc(OCC(C)C)cc2C)C1c1ccc(Br)cc1. The van der Waals surface area contributed by atoms with E-state index in [4.69, 9.17) is 9.47 Å². The molecule has 1 aliphatic rings. The third kappa shape index (κ3) is 5.05. The second-order valence-corrected chi connectivity index (χ2v) is 9.13. The molecular formula is C25H28BrNO5. The van der Waals surface area contributed by atoms with E-state index in [1.165, 1.54) is 12.0 Å². The van der Waals surface area contributed by atoms with Crippen LogP contribution in [0.25, 0.3) is 5.76 Å². The highest BCUT2D eigenvalue weighted by Crippen LogP contribution is 2.40. The third-order valence-corrected chi connectivity index (χ3v) is 5.83. The van der Waals surface area contributed by atoms with Gasteiger partial charge in [-0.2, -0.15) is 0 Å². The summed E-state index contributed by atoms with van der Waals surface area (Å²) in [4.78, 5) is 27.3. The zero-order valence-corrected chi connectivity index (χ0v) is 20.3. The first-order valence-electron chi connectivity index (χ1n) is 10.5. The van der Waals surface area contributed by atoms with Gasteiger partial charge in [0.2, 0.25) is 0 Å². The van der Waals surface area contributed by atoms with Gasteiger partial charge in [0.1, 0.15) is 11.5 Å². The van der Waals surface area contributed by atoms with Gasteiger partial charge in [-0.3, -0.25) is 9.59 Å². The molecule has 0 aliphatic carbocycles. The van der Waals surface area contributed by atoms with Gasteiger partial charge < -0.3 is 19.5 Å². The van der Waals surface area contributed by atoms with Crippen LogP contribution in [0, 0.1) is 12.8 Å². The predicted octanol–water partition coefficient (Wildman–Crippen LogP) is 4.86. The van der Waals surface area contributed by atoms with Crippen LogP contribution in [0.5, 0.6) is 5.75 Å². The molecule has 1 fully saturated rings. The first-order chi connectivity index (χ1) is 15.2. The Balaban J connectivity index is 2.07. The van der Waals surface area contributed by atoms with E-state index in [-0.39, 0.29) is 24.5 Å². The summed E-state index contributed by atoms with van der Waals surface area (Å²) in [6, 6.07) is 12.0. The third-order valence-electron chi connectivity index (χ3n) is 5.30. The number of halogens is 1. The number of Topliss-reactive ketones (excluding diaryl/α,β-unsaturated/α-hetero) is 1. The van der Waals surface area contributed by atoms with Gasteiger partial charge in [0.25, 0.3) is 11.7 Å². The molecule has 1 saturated heterocycles. The Kier molecular flexibility index (Phi) is 7.74. The molecule has 1 N–H and O–H groups in total. The number of rotatable bonds is 8. The number of methoxy groups -OCH3 is 1. The summed E-state index contributed by atoms with van der Waals surface area (Å²) in [5.41, 5.74) is 2.06. The molecule has 7 heteroatoms. The number of benzene rings is 2. The molecule has 0 saturated carbocycles. The molecule has 1 unspecified atom stereocenters. The lowest BCUT2D eigenvalue weighted by atomic mass is 9.94. The molecule has 1 aliphatic heterocycles. The van der Waals surface area contributed by atoms with Crippen LogP contribution in [-0.4, -0.2) is 48.6 Å². The van der Waals surface area contributed by atoms with Crippen LogP contribution in [0.15, 0.2) is 52.5 Å². The number of nitrogens with zero attached hydrogens (tertiary/aromatic N) is 1. The van der Waals surface area contributed by atoms with Gasteiger partial charge in [-0.1, -0.05) is 41.9 Å². The van der Waals surface area contributed by atoms with Crippen molar-refractivity contribution in [1.29, 1.82) is 0 Å². The van der Waals surface area contributed by atoms with Gasteiger partial charge in [0.15, 0.2) is 0 Å². The van der Waals surface area contributed by atoms with E-state index in [0.29, 0.717) is 23.8 Å². The number of hydrogen-bond donors (Lipinski definition) is 1. The lowest BCUT2D eigenvalue weighted by Crippen LogP contribution is -2.32. The maximum Gasteiger partial charge on any atom is 0.295 e. The van der Waals surface area contributed by atoms with Crippen molar-refractivity contribution < 1.29 is 24.2 Å². The van der Waals surface area contributed by atoms with Gasteiger partial charge in [-0.05, 0) is 54.3 Å². The van der Waals surface area contributed by atoms with Gasteiger partial charge in [0, 0.05) is 23.7 Å². The predicted molar refractivity (Wildman–Crippen MR) is 127 cm³/mol. The summed E-state index contributed by atoms with van der Waals surface area (Å²) in [7, 11) is 1.54. The molecule has 1 heterocycles. The van der Waals surface area contributed by atoms with Crippen LogP contribution in [0.2, 0.25) is 0 Å². The Hall–Kier alpha value is -2.64. The molecule has 1 amide bonds. The molecule has 170 valence electrons. The fraction of sp³-hybridized carbons (Fsp3) is 0.360. The lowest BCUT2D eigenvalue weighted by molar-refractivity contribution is -0.140. The first-order valence-corrected chi connectivity index (χ1v) is 11.3. The van der Waals surface area contributed by atoms with E-state index in [2.05, 4.69) is 29.8 Å². The lowest BCUT2D eigenvalue weighted by Gasteiger charge is -2.25. The number of carbonyl (C=O) groups is 2. The molecule has 32 heavy (non-hydrogen) atoms. The van der Waals surface area contributed by atoms with Gasteiger partial charge in [0.05, 0.1) is 24.8 Å². The average Bonchev–Trinajstić information content (AvgIpc) is 3.01. The second kappa shape index (κ2) is 10.3. The fourth-order valence-electron chi connectivity index (χ4n) is 3.69. The van der Waals surface area contributed by atoms with E-state index in [9.17, 15) is 14.7 Å². The van der Waals surface area contributed by atoms with Crippen LogP contribution in [0.1, 0.15) is 36.6 Å². The van der Waals surface area contributed by atoms with Crippen LogP contribution < -0.4 is 4.74 Å². The highest BCUT2D eigenvalue weighted by molar-refractivity contribution is 9.10. The van der Waals surface area contributed by atoms with Crippen molar-refractivity contribution in [1.82, 2.24) is 4.90 Å². The fourth-order valence-corrected chi connectivity index (χ4v) is 3.96. The van der Waals surface area contributed by atoms with E-state index in [1.807, 2.05) is 37.3 Å². The Bertz CT molecular complexity index is 1030. The zero-order valence-electron chi connectivity index (χ0n) is 18.7. The van der Waals surface area contributed by atoms with Crippen molar-refractivity contribution in [2.75, 3.05) is 26.9 Å². The number of aryl methyl sites for hydroxylation is 1. The summed E-state index contributed by atoms with van der Waals surface area (Å²) in [5.74, 6) is -0.462. The normalized spacial score (nSPS) is 17.9. The molecule has 1 atom stereocenters. The van der Waals surface area contributed by atoms with Crippen LogP contribution in [-0.2, 0) is 14.3 Å². The van der Waals surface area contributed by atoms with E-state index >= 15 is 0 Å². The zero-order chi connectivity index (χ0) is 23.4. The number of carbonyl (C=O) groups excluding carboxylic acids is 2. The highest BCUT2D eigenvalue weighted by atomic mass is 79.9. The number of ketones is 1. The summed E-state index contributed by atoms with van der Waals surface area (Å²) in [6.07, 6.45) is 0. The number of hydrogen-bond acceptors (Lipinski definition) is 5. The number of amides is 1. The second-order valence-electron chi connectivity index (χ2n) is 8.22. The smallest absolute Gasteiger partial charge is 0.295 e. The topological polar surface area (TPSA) is 76.1 Å². The van der Waals surface area contributed by atoms with Crippen molar-refractivity contribution in [2.45, 2.75) is 26.8 Å². The standard InChI is InChI=1S/C25H28BrNO5/c1-15(2)14-32-19-9-10-20(16(3)13-19)23(28)21-22(17-5-7-18(26)8-6-17)27(11-12-31-4)25(30)24(21)29/h5-10,13,15,22,28H,11-12,14H2,1-4H3/b23-21+. The minimum Gasteiger partial charge on any atom is -0.507 e. The molecule has 2 aromatic carbocycles. The van der Waals surface area contributed by atoms with Gasteiger partial charge in [-0.15, -0.1) is 0 Å². The minimum absolute atomic E-state index is 0.0763. The largest absolute Gasteiger partial charge is 0.507 e. The number of likely N-dealkylation sites (tertiary alicyclic amines) is 1. The first kappa shape index (κ1) is 24.0. The van der Waals surface area contributed by atoms with Crippen molar-refractivity contribution in [2.24, 2.45) is 5.92 Å². The Labute approximate surface area is 197 Å². The monoisotopic (exact) mass is 501 g/mol. The minimum atomic E-state index is -0.703. The Morgan fingerprint density at radius 1 is 1.16 bits per heavy atom. The Morgan fingerprint density at radius 2 is 1.84 bits per heavy atom. The number of aliphatic hydroxyl groups excluding tert-OH is 1. The van der Waals surface area contributed by atoms with E-state index in [0.717, 1.165) is 15.6 Å². The number of ether oxygens (including phenoxy) is 2. The quantitative estimate of drug-likeness (QED) is 0.317. The van der Waals surface area contributed by atoms with Crippen molar-refractivity contribution in [3.63, 3.8) is 0 Å². The highest BCUT2D eigenvalue weighted by Gasteiger charge is 2.45. The molecule has 3 rings (SSSR count). The molecule has 2 aromatic rings. The van der Waals surface area contributed by atoms with Gasteiger partial charge in [-0.25, -0.2) is 0 Å².